The van der Waals surface area contributed by atoms with Crippen LogP contribution in [0.2, 0.25) is 0 Å². The van der Waals surface area contributed by atoms with Gasteiger partial charge in [-0.25, -0.2) is 4.98 Å². The summed E-state index contributed by atoms with van der Waals surface area (Å²) in [6.07, 6.45) is 4.42. The molecule has 3 nitrogen and oxygen atoms in total. The monoisotopic (exact) mass is 274 g/mol. The lowest BCUT2D eigenvalue weighted by molar-refractivity contribution is 0.183. The van der Waals surface area contributed by atoms with E-state index in [4.69, 9.17) is 4.74 Å². The molecule has 1 aliphatic carbocycles. The number of hydrogen-bond acceptors (Lipinski definition) is 4. The van der Waals surface area contributed by atoms with Crippen LogP contribution in [0.4, 0.5) is 0 Å². The summed E-state index contributed by atoms with van der Waals surface area (Å²) >= 11 is 1.71. The van der Waals surface area contributed by atoms with E-state index in [0.29, 0.717) is 12.6 Å². The first-order chi connectivity index (χ1) is 9.38. The summed E-state index contributed by atoms with van der Waals surface area (Å²) in [4.78, 5) is 4.49. The highest BCUT2D eigenvalue weighted by Gasteiger charge is 2.28. The lowest BCUT2D eigenvalue weighted by Gasteiger charge is -2.20. The Morgan fingerprint density at radius 2 is 2.26 bits per heavy atom. The smallest absolute Gasteiger partial charge is 0.114 e. The standard InChI is InChI=1S/C15H18N2OS/c1-18-10-11-4-2-3-5-13(11)14(17-12-6-7-12)15-16-8-9-19-15/h2-5,8-9,12,14,17H,6-7,10H2,1H3. The summed E-state index contributed by atoms with van der Waals surface area (Å²) in [6.45, 7) is 0.643. The van der Waals surface area contributed by atoms with Gasteiger partial charge in [0.1, 0.15) is 5.01 Å². The van der Waals surface area contributed by atoms with Gasteiger partial charge in [-0.3, -0.25) is 0 Å². The molecular weight excluding hydrogens is 256 g/mol. The first-order valence-electron chi connectivity index (χ1n) is 6.60. The van der Waals surface area contributed by atoms with E-state index in [-0.39, 0.29) is 6.04 Å². The zero-order valence-electron chi connectivity index (χ0n) is 11.0. The fourth-order valence-electron chi connectivity index (χ4n) is 2.26. The predicted octanol–water partition coefficient (Wildman–Crippen LogP) is 3.13. The number of ether oxygens (including phenoxy) is 1. The van der Waals surface area contributed by atoms with Crippen LogP contribution in [0.15, 0.2) is 35.8 Å². The van der Waals surface area contributed by atoms with Crippen molar-refractivity contribution in [3.8, 4) is 0 Å². The minimum absolute atomic E-state index is 0.193. The van der Waals surface area contributed by atoms with Crippen LogP contribution in [0.1, 0.15) is 35.0 Å². The number of methoxy groups -OCH3 is 1. The van der Waals surface area contributed by atoms with Crippen molar-refractivity contribution >= 4 is 11.3 Å². The maximum Gasteiger partial charge on any atom is 0.114 e. The molecule has 0 spiro atoms. The maximum absolute atomic E-state index is 5.31. The molecular formula is C15H18N2OS. The van der Waals surface area contributed by atoms with Crippen LogP contribution in [0.3, 0.4) is 0 Å². The third kappa shape index (κ3) is 3.03. The van der Waals surface area contributed by atoms with Crippen LogP contribution in [0, 0.1) is 0 Å². The molecule has 1 N–H and O–H groups in total. The molecule has 1 fully saturated rings. The average molecular weight is 274 g/mol. The second kappa shape index (κ2) is 5.82. The topological polar surface area (TPSA) is 34.1 Å². The van der Waals surface area contributed by atoms with Gasteiger partial charge in [-0.2, -0.15) is 0 Å². The van der Waals surface area contributed by atoms with Crippen LogP contribution in [0.5, 0.6) is 0 Å². The minimum Gasteiger partial charge on any atom is -0.380 e. The number of nitrogens with zero attached hydrogens (tertiary/aromatic N) is 1. The van der Waals surface area contributed by atoms with E-state index in [2.05, 4.69) is 34.6 Å². The van der Waals surface area contributed by atoms with Crippen molar-refractivity contribution in [3.63, 3.8) is 0 Å². The molecule has 4 heteroatoms. The lowest BCUT2D eigenvalue weighted by Crippen LogP contribution is -2.25. The molecule has 0 bridgehead atoms. The summed E-state index contributed by atoms with van der Waals surface area (Å²) in [7, 11) is 1.74. The van der Waals surface area contributed by atoms with Gasteiger partial charge < -0.3 is 10.1 Å². The third-order valence-electron chi connectivity index (χ3n) is 3.34. The summed E-state index contributed by atoms with van der Waals surface area (Å²) < 4.78 is 5.31. The van der Waals surface area contributed by atoms with Gasteiger partial charge in [0.05, 0.1) is 12.6 Å². The van der Waals surface area contributed by atoms with Gasteiger partial charge >= 0.3 is 0 Å². The summed E-state index contributed by atoms with van der Waals surface area (Å²) in [5, 5.41) is 6.87. The molecule has 1 saturated carbocycles. The Morgan fingerprint density at radius 3 is 2.95 bits per heavy atom. The molecule has 1 aliphatic rings. The van der Waals surface area contributed by atoms with Crippen molar-refractivity contribution in [2.24, 2.45) is 0 Å². The Hall–Kier alpha value is -1.23. The largest absolute Gasteiger partial charge is 0.380 e. The Kier molecular flexibility index (Phi) is 3.92. The van der Waals surface area contributed by atoms with Crippen LogP contribution in [-0.2, 0) is 11.3 Å². The fraction of sp³-hybridized carbons (Fsp3) is 0.400. The first-order valence-corrected chi connectivity index (χ1v) is 7.48. The van der Waals surface area contributed by atoms with Gasteiger partial charge in [0.25, 0.3) is 0 Å². The van der Waals surface area contributed by atoms with Crippen molar-refractivity contribution in [2.45, 2.75) is 31.5 Å². The molecule has 19 heavy (non-hydrogen) atoms. The van der Waals surface area contributed by atoms with Crippen molar-refractivity contribution in [1.82, 2.24) is 10.3 Å². The van der Waals surface area contributed by atoms with Crippen molar-refractivity contribution in [2.75, 3.05) is 7.11 Å². The molecule has 3 rings (SSSR count). The minimum atomic E-state index is 0.193. The number of nitrogens with one attached hydrogen (secondary N) is 1. The Labute approximate surface area is 117 Å². The molecule has 0 amide bonds. The molecule has 1 aromatic heterocycles. The fourth-order valence-corrected chi connectivity index (χ4v) is 2.97. The zero-order chi connectivity index (χ0) is 13.1. The van der Waals surface area contributed by atoms with Gasteiger partial charge in [-0.15, -0.1) is 11.3 Å². The van der Waals surface area contributed by atoms with E-state index >= 15 is 0 Å². The zero-order valence-corrected chi connectivity index (χ0v) is 11.8. The molecule has 100 valence electrons. The van der Waals surface area contributed by atoms with Gasteiger partial charge in [0.15, 0.2) is 0 Å². The SMILES string of the molecule is COCc1ccccc1C(NC1CC1)c1nccs1. The highest BCUT2D eigenvalue weighted by molar-refractivity contribution is 7.09. The molecule has 1 aromatic carbocycles. The molecule has 2 aromatic rings. The van der Waals surface area contributed by atoms with Crippen molar-refractivity contribution in [1.29, 1.82) is 0 Å². The number of thiazole rings is 1. The Bertz CT molecular complexity index is 523. The van der Waals surface area contributed by atoms with E-state index in [9.17, 15) is 0 Å². The maximum atomic E-state index is 5.31. The molecule has 1 heterocycles. The van der Waals surface area contributed by atoms with Gasteiger partial charge in [-0.1, -0.05) is 24.3 Å². The van der Waals surface area contributed by atoms with Crippen LogP contribution in [-0.4, -0.2) is 18.1 Å². The molecule has 0 radical (unpaired) electrons. The van der Waals surface area contributed by atoms with E-state index in [1.165, 1.54) is 24.0 Å². The van der Waals surface area contributed by atoms with E-state index in [1.54, 1.807) is 18.4 Å². The quantitative estimate of drug-likeness (QED) is 0.878. The summed E-state index contributed by atoms with van der Waals surface area (Å²) in [5.41, 5.74) is 2.52. The lowest BCUT2D eigenvalue weighted by atomic mass is 10.0. The highest BCUT2D eigenvalue weighted by atomic mass is 32.1. The Balaban J connectivity index is 1.94. The Morgan fingerprint density at radius 1 is 1.42 bits per heavy atom. The molecule has 1 unspecified atom stereocenters. The number of benzene rings is 1. The normalized spacial score (nSPS) is 16.5. The second-order valence-electron chi connectivity index (χ2n) is 4.88. The van der Waals surface area contributed by atoms with E-state index < -0.39 is 0 Å². The average Bonchev–Trinajstić information content (AvgIpc) is 3.09. The predicted molar refractivity (Wildman–Crippen MR) is 77.3 cm³/mol. The van der Waals surface area contributed by atoms with Gasteiger partial charge in [0, 0.05) is 24.7 Å². The summed E-state index contributed by atoms with van der Waals surface area (Å²) in [6, 6.07) is 9.30. The summed E-state index contributed by atoms with van der Waals surface area (Å²) in [5.74, 6) is 0. The van der Waals surface area contributed by atoms with E-state index in [0.717, 1.165) is 5.01 Å². The number of hydrogen-bond donors (Lipinski definition) is 1. The molecule has 0 aliphatic heterocycles. The number of rotatable bonds is 6. The van der Waals surface area contributed by atoms with Crippen molar-refractivity contribution < 1.29 is 4.74 Å². The van der Waals surface area contributed by atoms with Gasteiger partial charge in [0.2, 0.25) is 0 Å². The molecule has 0 saturated heterocycles. The van der Waals surface area contributed by atoms with Gasteiger partial charge in [-0.05, 0) is 24.0 Å². The third-order valence-corrected chi connectivity index (χ3v) is 4.18. The highest BCUT2D eigenvalue weighted by Crippen LogP contribution is 2.31. The van der Waals surface area contributed by atoms with Crippen LogP contribution >= 0.6 is 11.3 Å². The first kappa shape index (κ1) is 12.8. The molecule has 1 atom stereocenters. The second-order valence-corrected chi connectivity index (χ2v) is 5.80. The van der Waals surface area contributed by atoms with E-state index in [1.807, 2.05) is 11.6 Å². The van der Waals surface area contributed by atoms with Crippen LogP contribution in [0.25, 0.3) is 0 Å². The van der Waals surface area contributed by atoms with Crippen molar-refractivity contribution in [3.05, 3.63) is 52.0 Å². The number of aromatic nitrogens is 1. The van der Waals surface area contributed by atoms with Crippen LogP contribution < -0.4 is 5.32 Å².